The van der Waals surface area contributed by atoms with Crippen LogP contribution >= 0.6 is 0 Å². The lowest BCUT2D eigenvalue weighted by atomic mass is 10.1. The molecule has 6 nitrogen and oxygen atoms in total. The number of carboxylic acids is 1. The summed E-state index contributed by atoms with van der Waals surface area (Å²) in [6.07, 6.45) is 4.46. The van der Waals surface area contributed by atoms with Crippen LogP contribution in [0, 0.1) is 0 Å². The van der Waals surface area contributed by atoms with E-state index in [4.69, 9.17) is 10.2 Å². The first-order valence-corrected chi connectivity index (χ1v) is 6.97. The summed E-state index contributed by atoms with van der Waals surface area (Å²) in [4.78, 5) is 24.2. The molecule has 0 aromatic heterocycles. The first-order valence-electron chi connectivity index (χ1n) is 6.97. The Balaban J connectivity index is 2.17. The minimum atomic E-state index is -0.835. The van der Waals surface area contributed by atoms with Gasteiger partial charge in [0.05, 0.1) is 6.54 Å². The van der Waals surface area contributed by atoms with Crippen LogP contribution in [0.2, 0.25) is 0 Å². The number of aliphatic hydroxyl groups is 1. The highest BCUT2D eigenvalue weighted by molar-refractivity contribution is 5.78. The lowest BCUT2D eigenvalue weighted by Crippen LogP contribution is -2.40. The molecule has 110 valence electrons. The predicted octanol–water partition coefficient (Wildman–Crippen LogP) is 0.204. The number of hydrogen-bond donors (Lipinski definition) is 3. The summed E-state index contributed by atoms with van der Waals surface area (Å²) in [5, 5.41) is 20.1. The van der Waals surface area contributed by atoms with Crippen molar-refractivity contribution in [2.45, 2.75) is 44.6 Å². The van der Waals surface area contributed by atoms with Crippen molar-refractivity contribution in [1.29, 1.82) is 0 Å². The molecular formula is C13H24N2O4. The van der Waals surface area contributed by atoms with E-state index in [1.165, 1.54) is 0 Å². The van der Waals surface area contributed by atoms with E-state index in [1.54, 1.807) is 0 Å². The third-order valence-corrected chi connectivity index (χ3v) is 3.43. The van der Waals surface area contributed by atoms with Gasteiger partial charge in [0.2, 0.25) is 5.91 Å². The Hall–Kier alpha value is -1.14. The maximum Gasteiger partial charge on any atom is 0.303 e. The van der Waals surface area contributed by atoms with Crippen LogP contribution in [-0.4, -0.2) is 59.3 Å². The fourth-order valence-electron chi connectivity index (χ4n) is 2.46. The van der Waals surface area contributed by atoms with Gasteiger partial charge < -0.3 is 15.5 Å². The maximum absolute atomic E-state index is 11.7. The van der Waals surface area contributed by atoms with Crippen molar-refractivity contribution in [2.75, 3.05) is 26.2 Å². The van der Waals surface area contributed by atoms with Gasteiger partial charge in [0.25, 0.3) is 0 Å². The van der Waals surface area contributed by atoms with E-state index < -0.39 is 5.97 Å². The predicted molar refractivity (Wildman–Crippen MR) is 70.8 cm³/mol. The fraction of sp³-hybridized carbons (Fsp3) is 0.846. The summed E-state index contributed by atoms with van der Waals surface area (Å²) >= 11 is 0. The average Bonchev–Trinajstić information content (AvgIpc) is 2.79. The molecule has 1 rings (SSSR count). The Morgan fingerprint density at radius 2 is 2.11 bits per heavy atom. The number of nitrogens with one attached hydrogen (secondary N) is 1. The molecule has 0 aromatic carbocycles. The number of hydrogen-bond acceptors (Lipinski definition) is 4. The van der Waals surface area contributed by atoms with Gasteiger partial charge in [-0.25, -0.2) is 0 Å². The van der Waals surface area contributed by atoms with Crippen LogP contribution in [0.4, 0.5) is 0 Å². The number of nitrogens with zero attached hydrogens (tertiary/aromatic N) is 1. The Labute approximate surface area is 113 Å². The fourth-order valence-corrected chi connectivity index (χ4v) is 2.46. The molecule has 3 N–H and O–H groups in total. The van der Waals surface area contributed by atoms with Gasteiger partial charge in [-0.15, -0.1) is 0 Å². The Bertz CT molecular complexity index is 296. The van der Waals surface area contributed by atoms with E-state index in [2.05, 4.69) is 10.2 Å². The smallest absolute Gasteiger partial charge is 0.303 e. The largest absolute Gasteiger partial charge is 0.481 e. The molecule has 0 aromatic rings. The van der Waals surface area contributed by atoms with Crippen molar-refractivity contribution in [1.82, 2.24) is 10.2 Å². The van der Waals surface area contributed by atoms with Crippen molar-refractivity contribution < 1.29 is 19.8 Å². The zero-order chi connectivity index (χ0) is 14.1. The van der Waals surface area contributed by atoms with Crippen LogP contribution in [0.25, 0.3) is 0 Å². The van der Waals surface area contributed by atoms with Crippen molar-refractivity contribution in [3.63, 3.8) is 0 Å². The van der Waals surface area contributed by atoms with Crippen molar-refractivity contribution >= 4 is 11.9 Å². The minimum Gasteiger partial charge on any atom is -0.481 e. The highest BCUT2D eigenvalue weighted by atomic mass is 16.4. The van der Waals surface area contributed by atoms with Crippen molar-refractivity contribution in [2.24, 2.45) is 0 Å². The molecule has 19 heavy (non-hydrogen) atoms. The second-order valence-electron chi connectivity index (χ2n) is 4.98. The number of carboxylic acid groups (broad SMARTS) is 1. The average molecular weight is 272 g/mol. The molecule has 1 heterocycles. The molecule has 0 spiro atoms. The standard InChI is InChI=1S/C13H24N2O4/c16-9-3-5-11-4-2-8-15(11)10-12(17)14-7-1-6-13(18)19/h11,16H,1-10H2,(H,14,17)(H,18,19). The van der Waals surface area contributed by atoms with E-state index in [0.29, 0.717) is 25.6 Å². The van der Waals surface area contributed by atoms with Gasteiger partial charge in [-0.05, 0) is 38.6 Å². The van der Waals surface area contributed by atoms with Gasteiger partial charge in [0.15, 0.2) is 0 Å². The van der Waals surface area contributed by atoms with E-state index in [-0.39, 0.29) is 18.9 Å². The molecule has 0 bridgehead atoms. The summed E-state index contributed by atoms with van der Waals surface area (Å²) in [7, 11) is 0. The molecule has 0 aliphatic carbocycles. The molecular weight excluding hydrogens is 248 g/mol. The number of rotatable bonds is 9. The van der Waals surface area contributed by atoms with E-state index in [0.717, 1.165) is 32.2 Å². The van der Waals surface area contributed by atoms with Crippen molar-refractivity contribution in [3.8, 4) is 0 Å². The Kier molecular flexibility index (Phi) is 7.43. The molecule has 1 amide bonds. The van der Waals surface area contributed by atoms with Crippen LogP contribution < -0.4 is 5.32 Å². The normalized spacial score (nSPS) is 19.5. The first-order chi connectivity index (χ1) is 9.13. The zero-order valence-electron chi connectivity index (χ0n) is 11.3. The number of likely N-dealkylation sites (tertiary alicyclic amines) is 1. The lowest BCUT2D eigenvalue weighted by Gasteiger charge is -2.23. The zero-order valence-corrected chi connectivity index (χ0v) is 11.3. The second-order valence-corrected chi connectivity index (χ2v) is 4.98. The number of carbonyl (C=O) groups is 2. The summed E-state index contributed by atoms with van der Waals surface area (Å²) in [6, 6.07) is 0.400. The maximum atomic E-state index is 11.7. The van der Waals surface area contributed by atoms with Gasteiger partial charge in [0.1, 0.15) is 0 Å². The van der Waals surface area contributed by atoms with Crippen LogP contribution in [0.1, 0.15) is 38.5 Å². The van der Waals surface area contributed by atoms with Crippen LogP contribution in [-0.2, 0) is 9.59 Å². The van der Waals surface area contributed by atoms with Gasteiger partial charge >= 0.3 is 5.97 Å². The number of carbonyl (C=O) groups excluding carboxylic acids is 1. The lowest BCUT2D eigenvalue weighted by molar-refractivity contribution is -0.137. The monoisotopic (exact) mass is 272 g/mol. The molecule has 1 fully saturated rings. The molecule has 1 saturated heterocycles. The number of aliphatic carboxylic acids is 1. The third kappa shape index (κ3) is 6.54. The SMILES string of the molecule is O=C(O)CCCNC(=O)CN1CCCC1CCCO. The van der Waals surface area contributed by atoms with E-state index >= 15 is 0 Å². The highest BCUT2D eigenvalue weighted by Gasteiger charge is 2.25. The molecule has 0 saturated carbocycles. The summed E-state index contributed by atoms with van der Waals surface area (Å²) in [5.41, 5.74) is 0. The minimum absolute atomic E-state index is 0.0405. The third-order valence-electron chi connectivity index (χ3n) is 3.43. The quantitative estimate of drug-likeness (QED) is 0.522. The van der Waals surface area contributed by atoms with E-state index in [9.17, 15) is 9.59 Å². The highest BCUT2D eigenvalue weighted by Crippen LogP contribution is 2.20. The van der Waals surface area contributed by atoms with Gasteiger partial charge in [-0.1, -0.05) is 0 Å². The Morgan fingerprint density at radius 3 is 2.79 bits per heavy atom. The summed E-state index contributed by atoms with van der Waals surface area (Å²) < 4.78 is 0. The molecule has 1 aliphatic heterocycles. The second kappa shape index (κ2) is 8.87. The van der Waals surface area contributed by atoms with Crippen LogP contribution in [0.3, 0.4) is 0 Å². The van der Waals surface area contributed by atoms with Crippen molar-refractivity contribution in [3.05, 3.63) is 0 Å². The molecule has 0 radical (unpaired) electrons. The molecule has 1 atom stereocenters. The topological polar surface area (TPSA) is 89.9 Å². The number of aliphatic hydroxyl groups excluding tert-OH is 1. The van der Waals surface area contributed by atoms with Gasteiger partial charge in [0, 0.05) is 25.6 Å². The van der Waals surface area contributed by atoms with Crippen LogP contribution in [0.5, 0.6) is 0 Å². The molecule has 1 aliphatic rings. The Morgan fingerprint density at radius 1 is 1.32 bits per heavy atom. The summed E-state index contributed by atoms with van der Waals surface area (Å²) in [5.74, 6) is -0.876. The summed E-state index contributed by atoms with van der Waals surface area (Å²) in [6.45, 7) is 1.92. The first kappa shape index (κ1) is 15.9. The van der Waals surface area contributed by atoms with E-state index in [1.807, 2.05) is 0 Å². The van der Waals surface area contributed by atoms with Gasteiger partial charge in [-0.2, -0.15) is 0 Å². The van der Waals surface area contributed by atoms with Crippen LogP contribution in [0.15, 0.2) is 0 Å². The molecule has 1 unspecified atom stereocenters. The van der Waals surface area contributed by atoms with Gasteiger partial charge in [-0.3, -0.25) is 14.5 Å². The number of amides is 1. The molecule has 6 heteroatoms.